The Kier molecular flexibility index (Phi) is 3.51. The van der Waals surface area contributed by atoms with E-state index in [0.29, 0.717) is 5.46 Å². The average Bonchev–Trinajstić information content (AvgIpc) is 2.15. The lowest BCUT2D eigenvalue weighted by atomic mass is 9.80. The largest absolute Gasteiger partial charge is 0.491 e. The van der Waals surface area contributed by atoms with Crippen LogP contribution in [0.5, 0.6) is 0 Å². The van der Waals surface area contributed by atoms with Crippen LogP contribution in [0.15, 0.2) is 30.3 Å². The molecular weight excluding hydrogens is 153 g/mol. The summed E-state index contributed by atoms with van der Waals surface area (Å²) in [6.45, 7) is 0.135. The molecule has 0 aliphatic rings. The summed E-state index contributed by atoms with van der Waals surface area (Å²) in [7, 11) is -0.923. The maximum absolute atomic E-state index is 9.33. The lowest BCUT2D eigenvalue weighted by Crippen LogP contribution is -2.33. The fourth-order valence-corrected chi connectivity index (χ4v) is 0.853. The van der Waals surface area contributed by atoms with E-state index in [0.717, 1.165) is 6.21 Å². The minimum Gasteiger partial charge on any atom is -0.423 e. The molecule has 1 rings (SSSR count). The summed E-state index contributed by atoms with van der Waals surface area (Å²) in [5, 5.41) is 16.0. The number of rotatable bonds is 4. The summed E-state index contributed by atoms with van der Waals surface area (Å²) in [4.78, 5) is 0. The first-order valence-corrected chi connectivity index (χ1v) is 3.68. The minimum absolute atomic E-state index is 0.135. The highest BCUT2D eigenvalue weighted by Gasteiger charge is 2.14. The van der Waals surface area contributed by atoms with Crippen LogP contribution in [0.25, 0.3) is 0 Å². The van der Waals surface area contributed by atoms with Crippen LogP contribution in [0.4, 0.5) is 0 Å². The summed E-state index contributed by atoms with van der Waals surface area (Å²) in [6, 6.07) is 9.06. The fourth-order valence-electron chi connectivity index (χ4n) is 0.853. The zero-order chi connectivity index (χ0) is 8.81. The Morgan fingerprint density at radius 3 is 2.67 bits per heavy atom. The van der Waals surface area contributed by atoms with E-state index in [1.165, 1.54) is 0 Å². The number of benzene rings is 1. The summed E-state index contributed by atoms with van der Waals surface area (Å²) >= 11 is 0. The first-order valence-electron chi connectivity index (χ1n) is 3.68. The molecule has 0 radical (unpaired) electrons. The summed E-state index contributed by atoms with van der Waals surface area (Å²) in [5.41, 5.74) is 0.708. The summed E-state index contributed by atoms with van der Waals surface area (Å²) < 4.78 is 4.89. The fraction of sp³-hybridized carbons (Fsp3) is 0.125. The standard InChI is InChI=1S/C8H10BNO2/c10-6-7-12-9(11)8-4-2-1-3-5-8/h1-6,10-11H,7H2. The van der Waals surface area contributed by atoms with Gasteiger partial charge in [0.05, 0.1) is 6.61 Å². The number of nitrogens with one attached hydrogen (secondary N) is 1. The Hall–Kier alpha value is -1.13. The Labute approximate surface area is 71.6 Å². The van der Waals surface area contributed by atoms with Gasteiger partial charge in [-0.3, -0.25) is 0 Å². The molecule has 0 spiro atoms. The molecule has 0 aliphatic heterocycles. The highest BCUT2D eigenvalue weighted by molar-refractivity contribution is 6.60. The van der Waals surface area contributed by atoms with Gasteiger partial charge in [-0.1, -0.05) is 30.3 Å². The molecule has 2 N–H and O–H groups in total. The van der Waals surface area contributed by atoms with Crippen molar-refractivity contribution in [2.24, 2.45) is 0 Å². The van der Waals surface area contributed by atoms with Gasteiger partial charge < -0.3 is 15.1 Å². The van der Waals surface area contributed by atoms with Gasteiger partial charge in [-0.2, -0.15) is 0 Å². The molecule has 0 saturated carbocycles. The predicted octanol–water partition coefficient (Wildman–Crippen LogP) is 0.0403. The second-order valence-corrected chi connectivity index (χ2v) is 2.30. The third-order valence-corrected chi connectivity index (χ3v) is 1.42. The Morgan fingerprint density at radius 2 is 2.08 bits per heavy atom. The Balaban J connectivity index is 2.53. The molecule has 0 heterocycles. The molecule has 0 atom stereocenters. The monoisotopic (exact) mass is 163 g/mol. The first kappa shape index (κ1) is 8.97. The van der Waals surface area contributed by atoms with Crippen LogP contribution in [0.2, 0.25) is 0 Å². The van der Waals surface area contributed by atoms with Gasteiger partial charge in [-0.15, -0.1) is 0 Å². The molecule has 4 heteroatoms. The first-order chi connectivity index (χ1) is 5.84. The molecule has 0 amide bonds. The van der Waals surface area contributed by atoms with Crippen molar-refractivity contribution >= 4 is 18.8 Å². The lowest BCUT2D eigenvalue weighted by molar-refractivity contribution is 0.316. The van der Waals surface area contributed by atoms with Crippen molar-refractivity contribution in [3.8, 4) is 0 Å². The number of hydrogen-bond donors (Lipinski definition) is 2. The molecule has 0 bridgehead atoms. The molecule has 62 valence electrons. The topological polar surface area (TPSA) is 53.3 Å². The van der Waals surface area contributed by atoms with E-state index in [1.54, 1.807) is 12.1 Å². The zero-order valence-corrected chi connectivity index (χ0v) is 6.60. The van der Waals surface area contributed by atoms with Crippen LogP contribution < -0.4 is 5.46 Å². The molecule has 0 aromatic heterocycles. The normalized spacial score (nSPS) is 9.42. The molecule has 1 aromatic rings. The van der Waals surface area contributed by atoms with E-state index < -0.39 is 7.12 Å². The van der Waals surface area contributed by atoms with Crippen molar-refractivity contribution in [1.29, 1.82) is 5.41 Å². The van der Waals surface area contributed by atoms with Gasteiger partial charge in [0, 0.05) is 6.21 Å². The van der Waals surface area contributed by atoms with E-state index in [9.17, 15) is 5.02 Å². The lowest BCUT2D eigenvalue weighted by Gasteiger charge is -2.04. The van der Waals surface area contributed by atoms with E-state index in [4.69, 9.17) is 10.1 Å². The number of hydrogen-bond acceptors (Lipinski definition) is 3. The van der Waals surface area contributed by atoms with Gasteiger partial charge in [-0.05, 0) is 5.46 Å². The third-order valence-electron chi connectivity index (χ3n) is 1.42. The van der Waals surface area contributed by atoms with E-state index in [1.807, 2.05) is 18.2 Å². The molecule has 0 fully saturated rings. The minimum atomic E-state index is -0.923. The summed E-state index contributed by atoms with van der Waals surface area (Å²) in [6.07, 6.45) is 1.10. The van der Waals surface area contributed by atoms with Crippen LogP contribution in [0, 0.1) is 5.41 Å². The van der Waals surface area contributed by atoms with Crippen LogP contribution in [-0.2, 0) is 4.65 Å². The third kappa shape index (κ3) is 2.49. The van der Waals surface area contributed by atoms with Crippen molar-refractivity contribution in [1.82, 2.24) is 0 Å². The predicted molar refractivity (Wildman–Crippen MR) is 48.8 cm³/mol. The van der Waals surface area contributed by atoms with Gasteiger partial charge in [0.25, 0.3) is 0 Å². The molecular formula is C8H10BNO2. The van der Waals surface area contributed by atoms with E-state index in [-0.39, 0.29) is 6.61 Å². The van der Waals surface area contributed by atoms with Gasteiger partial charge in [0.1, 0.15) is 0 Å². The second-order valence-electron chi connectivity index (χ2n) is 2.30. The average molecular weight is 163 g/mol. The SMILES string of the molecule is N=CCOB(O)c1ccccc1. The Morgan fingerprint density at radius 1 is 1.42 bits per heavy atom. The van der Waals surface area contributed by atoms with Gasteiger partial charge in [-0.25, -0.2) is 0 Å². The van der Waals surface area contributed by atoms with Crippen molar-refractivity contribution in [2.75, 3.05) is 6.61 Å². The zero-order valence-electron chi connectivity index (χ0n) is 6.60. The van der Waals surface area contributed by atoms with Crippen LogP contribution in [0.1, 0.15) is 0 Å². The maximum atomic E-state index is 9.33. The van der Waals surface area contributed by atoms with Gasteiger partial charge >= 0.3 is 7.12 Å². The van der Waals surface area contributed by atoms with E-state index >= 15 is 0 Å². The highest BCUT2D eigenvalue weighted by atomic mass is 16.5. The van der Waals surface area contributed by atoms with Crippen molar-refractivity contribution in [3.05, 3.63) is 30.3 Å². The quantitative estimate of drug-likeness (QED) is 0.486. The van der Waals surface area contributed by atoms with Crippen LogP contribution in [0.3, 0.4) is 0 Å². The maximum Gasteiger partial charge on any atom is 0.491 e. The van der Waals surface area contributed by atoms with Gasteiger partial charge in [0.15, 0.2) is 0 Å². The van der Waals surface area contributed by atoms with Crippen LogP contribution >= 0.6 is 0 Å². The molecule has 1 aromatic carbocycles. The van der Waals surface area contributed by atoms with Crippen LogP contribution in [-0.4, -0.2) is 25.0 Å². The molecule has 3 nitrogen and oxygen atoms in total. The second kappa shape index (κ2) is 4.69. The molecule has 0 aliphatic carbocycles. The van der Waals surface area contributed by atoms with Crippen molar-refractivity contribution in [2.45, 2.75) is 0 Å². The molecule has 0 unspecified atom stereocenters. The highest BCUT2D eigenvalue weighted by Crippen LogP contribution is 1.86. The van der Waals surface area contributed by atoms with Gasteiger partial charge in [0.2, 0.25) is 0 Å². The summed E-state index contributed by atoms with van der Waals surface area (Å²) in [5.74, 6) is 0. The Bertz CT molecular complexity index is 240. The molecule has 12 heavy (non-hydrogen) atoms. The van der Waals surface area contributed by atoms with E-state index in [2.05, 4.69) is 0 Å². The van der Waals surface area contributed by atoms with Crippen molar-refractivity contribution < 1.29 is 9.68 Å². The smallest absolute Gasteiger partial charge is 0.423 e. The van der Waals surface area contributed by atoms with Crippen molar-refractivity contribution in [3.63, 3.8) is 0 Å². The molecule has 0 saturated heterocycles.